The molecule has 10 heteroatoms. The highest BCUT2D eigenvalue weighted by atomic mass is 127. The number of hydrogen-bond donors (Lipinski definition) is 2. The highest BCUT2D eigenvalue weighted by Crippen LogP contribution is 2.27. The van der Waals surface area contributed by atoms with Gasteiger partial charge in [-0.05, 0) is 23.8 Å². The summed E-state index contributed by atoms with van der Waals surface area (Å²) in [6, 6.07) is 9.85. The number of benzene rings is 2. The van der Waals surface area contributed by atoms with Gasteiger partial charge >= 0.3 is 0 Å². The van der Waals surface area contributed by atoms with Crippen molar-refractivity contribution in [2.24, 2.45) is 10.7 Å². The average molecular weight is 502 g/mol. The molecule has 0 heterocycles. The molecule has 0 aromatic heterocycles. The van der Waals surface area contributed by atoms with E-state index in [0.29, 0.717) is 29.4 Å². The van der Waals surface area contributed by atoms with Gasteiger partial charge in [0.25, 0.3) is 5.69 Å². The summed E-state index contributed by atoms with van der Waals surface area (Å²) in [5, 5.41) is 13.9. The van der Waals surface area contributed by atoms with E-state index in [4.69, 9.17) is 19.9 Å². The molecule has 0 aliphatic carbocycles. The zero-order valence-corrected chi connectivity index (χ0v) is 18.1. The predicted octanol–water partition coefficient (Wildman–Crippen LogP) is 2.84. The van der Waals surface area contributed by atoms with E-state index in [1.807, 2.05) is 12.1 Å². The second kappa shape index (κ2) is 11.2. The van der Waals surface area contributed by atoms with E-state index in [1.165, 1.54) is 19.2 Å². The highest BCUT2D eigenvalue weighted by molar-refractivity contribution is 14.0. The third-order valence-corrected chi connectivity index (χ3v) is 3.81. The molecular formula is C18H23IN4O5. The lowest BCUT2D eigenvalue weighted by atomic mass is 10.1. The minimum atomic E-state index is -0.461. The van der Waals surface area contributed by atoms with Crippen LogP contribution in [0.5, 0.6) is 17.2 Å². The lowest BCUT2D eigenvalue weighted by Crippen LogP contribution is -2.31. The number of nitro groups is 1. The monoisotopic (exact) mass is 502 g/mol. The maximum atomic E-state index is 10.9. The Kier molecular flexibility index (Phi) is 9.28. The summed E-state index contributed by atoms with van der Waals surface area (Å²) in [7, 11) is 4.63. The van der Waals surface area contributed by atoms with Crippen LogP contribution in [-0.2, 0) is 13.1 Å². The van der Waals surface area contributed by atoms with Gasteiger partial charge in [0.2, 0.25) is 0 Å². The van der Waals surface area contributed by atoms with Crippen molar-refractivity contribution >= 4 is 35.6 Å². The third-order valence-electron chi connectivity index (χ3n) is 3.81. The molecule has 3 N–H and O–H groups in total. The molecule has 0 aliphatic heterocycles. The van der Waals surface area contributed by atoms with E-state index in [9.17, 15) is 10.1 Å². The lowest BCUT2D eigenvalue weighted by Gasteiger charge is -2.11. The number of ether oxygens (including phenoxy) is 3. The summed E-state index contributed by atoms with van der Waals surface area (Å²) in [6.45, 7) is 0.581. The Morgan fingerprint density at radius 3 is 2.32 bits per heavy atom. The molecule has 0 saturated carbocycles. The topological polar surface area (TPSA) is 121 Å². The van der Waals surface area contributed by atoms with Gasteiger partial charge in [0.1, 0.15) is 5.75 Å². The number of guanidine groups is 1. The minimum absolute atomic E-state index is 0. The van der Waals surface area contributed by atoms with E-state index < -0.39 is 4.92 Å². The van der Waals surface area contributed by atoms with Gasteiger partial charge in [-0.3, -0.25) is 10.1 Å². The number of methoxy groups -OCH3 is 3. The fourth-order valence-electron chi connectivity index (χ4n) is 2.41. The van der Waals surface area contributed by atoms with Crippen molar-refractivity contribution in [1.82, 2.24) is 5.32 Å². The van der Waals surface area contributed by atoms with E-state index in [1.54, 1.807) is 26.4 Å². The molecule has 0 spiro atoms. The molecule has 9 nitrogen and oxygen atoms in total. The summed E-state index contributed by atoms with van der Waals surface area (Å²) in [5.74, 6) is 1.98. The van der Waals surface area contributed by atoms with Gasteiger partial charge in [-0.2, -0.15) is 0 Å². The number of rotatable bonds is 8. The van der Waals surface area contributed by atoms with Crippen molar-refractivity contribution < 1.29 is 19.1 Å². The molecule has 0 radical (unpaired) electrons. The first-order valence-electron chi connectivity index (χ1n) is 8.04. The number of nitro benzene ring substituents is 1. The number of nitrogens with two attached hydrogens (primary N) is 1. The van der Waals surface area contributed by atoms with Crippen LogP contribution in [0.1, 0.15) is 11.1 Å². The molecule has 0 amide bonds. The lowest BCUT2D eigenvalue weighted by molar-refractivity contribution is -0.384. The van der Waals surface area contributed by atoms with Gasteiger partial charge in [0, 0.05) is 24.2 Å². The first-order chi connectivity index (χ1) is 13.0. The van der Waals surface area contributed by atoms with Crippen LogP contribution in [-0.4, -0.2) is 32.2 Å². The minimum Gasteiger partial charge on any atom is -0.496 e. The predicted molar refractivity (Wildman–Crippen MR) is 117 cm³/mol. The van der Waals surface area contributed by atoms with E-state index in [2.05, 4.69) is 10.3 Å². The largest absolute Gasteiger partial charge is 0.496 e. The number of aliphatic imine (C=N–C) groups is 1. The Labute approximate surface area is 180 Å². The molecule has 152 valence electrons. The normalized spacial score (nSPS) is 10.6. The Morgan fingerprint density at radius 1 is 1.07 bits per heavy atom. The molecule has 0 bridgehead atoms. The van der Waals surface area contributed by atoms with Crippen molar-refractivity contribution in [3.8, 4) is 17.2 Å². The quantitative estimate of drug-likeness (QED) is 0.187. The van der Waals surface area contributed by atoms with E-state index in [0.717, 1.165) is 5.56 Å². The van der Waals surface area contributed by atoms with Crippen molar-refractivity contribution in [3.63, 3.8) is 0 Å². The summed E-state index contributed by atoms with van der Waals surface area (Å²) >= 11 is 0. The van der Waals surface area contributed by atoms with Crippen molar-refractivity contribution in [2.45, 2.75) is 13.1 Å². The van der Waals surface area contributed by atoms with Gasteiger partial charge in [0.15, 0.2) is 17.5 Å². The Morgan fingerprint density at radius 2 is 1.71 bits per heavy atom. The van der Waals surface area contributed by atoms with Crippen LogP contribution in [0.15, 0.2) is 41.4 Å². The molecule has 2 rings (SSSR count). The molecule has 0 saturated heterocycles. The maximum Gasteiger partial charge on any atom is 0.270 e. The molecule has 0 fully saturated rings. The molecule has 0 aliphatic rings. The molecule has 2 aromatic carbocycles. The number of nitrogens with zero attached hydrogens (tertiary/aromatic N) is 2. The zero-order valence-electron chi connectivity index (χ0n) is 15.8. The number of hydrogen-bond acceptors (Lipinski definition) is 6. The number of nitrogens with one attached hydrogen (secondary N) is 1. The Balaban J connectivity index is 0.00000392. The van der Waals surface area contributed by atoms with E-state index >= 15 is 0 Å². The molecule has 28 heavy (non-hydrogen) atoms. The second-order valence-electron chi connectivity index (χ2n) is 5.50. The van der Waals surface area contributed by atoms with Crippen molar-refractivity contribution in [2.75, 3.05) is 21.3 Å². The van der Waals surface area contributed by atoms with E-state index in [-0.39, 0.29) is 42.2 Å². The Bertz CT molecular complexity index is 845. The van der Waals surface area contributed by atoms with Crippen LogP contribution < -0.4 is 25.3 Å². The standard InChI is InChI=1S/C18H22N4O5.HI/c1-25-15-7-5-14(22(23)24)9-13(15)11-21-18(19)20-10-12-4-6-16(26-2)17(8-12)27-3;/h4-9H,10-11H2,1-3H3,(H3,19,20,21);1H. The fraction of sp³-hybridized carbons (Fsp3) is 0.278. The first kappa shape index (κ1) is 23.3. The molecule has 0 atom stereocenters. The second-order valence-corrected chi connectivity index (χ2v) is 5.50. The number of non-ortho nitro benzene ring substituents is 1. The van der Waals surface area contributed by atoms with Crippen molar-refractivity contribution in [1.29, 1.82) is 0 Å². The van der Waals surface area contributed by atoms with Crippen LogP contribution >= 0.6 is 24.0 Å². The van der Waals surface area contributed by atoms with Gasteiger partial charge in [0.05, 0.1) is 32.8 Å². The zero-order chi connectivity index (χ0) is 19.8. The smallest absolute Gasteiger partial charge is 0.270 e. The van der Waals surface area contributed by atoms with Gasteiger partial charge in [-0.25, -0.2) is 4.99 Å². The molecule has 0 unspecified atom stereocenters. The first-order valence-corrected chi connectivity index (χ1v) is 8.04. The van der Waals surface area contributed by atoms with Crippen LogP contribution in [0.25, 0.3) is 0 Å². The molecule has 2 aromatic rings. The number of halogens is 1. The Hall–Kier alpha value is -2.76. The van der Waals surface area contributed by atoms with Crippen molar-refractivity contribution in [3.05, 3.63) is 57.6 Å². The van der Waals surface area contributed by atoms with Crippen LogP contribution in [0.2, 0.25) is 0 Å². The highest BCUT2D eigenvalue weighted by Gasteiger charge is 2.11. The maximum absolute atomic E-state index is 10.9. The SMILES string of the molecule is COc1ccc([N+](=O)[O-])cc1CNC(N)=NCc1ccc(OC)c(OC)c1.I. The average Bonchev–Trinajstić information content (AvgIpc) is 2.69. The van der Waals surface area contributed by atoms with Crippen LogP contribution in [0.4, 0.5) is 5.69 Å². The summed E-state index contributed by atoms with van der Waals surface area (Å²) < 4.78 is 15.7. The van der Waals surface area contributed by atoms with Crippen LogP contribution in [0, 0.1) is 10.1 Å². The van der Waals surface area contributed by atoms with Gasteiger partial charge < -0.3 is 25.3 Å². The van der Waals surface area contributed by atoms with Gasteiger partial charge in [-0.1, -0.05) is 6.07 Å². The summed E-state index contributed by atoms with van der Waals surface area (Å²) in [5.41, 5.74) is 7.37. The van der Waals surface area contributed by atoms with Gasteiger partial charge in [-0.15, -0.1) is 24.0 Å². The fourth-order valence-corrected chi connectivity index (χ4v) is 2.41. The van der Waals surface area contributed by atoms with Crippen LogP contribution in [0.3, 0.4) is 0 Å². The summed E-state index contributed by atoms with van der Waals surface area (Å²) in [4.78, 5) is 14.7. The molecular weight excluding hydrogens is 479 g/mol. The summed E-state index contributed by atoms with van der Waals surface area (Å²) in [6.07, 6.45) is 0. The third kappa shape index (κ3) is 6.15.